The Morgan fingerprint density at radius 1 is 1.25 bits per heavy atom. The minimum absolute atomic E-state index is 0.0819. The molecule has 2 nitrogen and oxygen atoms in total. The first-order valence-electron chi connectivity index (χ1n) is 6.10. The van der Waals surface area contributed by atoms with Crippen LogP contribution in [-0.2, 0) is 5.88 Å². The van der Waals surface area contributed by atoms with Crippen molar-refractivity contribution < 1.29 is 4.39 Å². The Bertz CT molecular complexity index is 796. The zero-order chi connectivity index (χ0) is 14.3. The summed E-state index contributed by atoms with van der Waals surface area (Å²) < 4.78 is 15.3. The van der Waals surface area contributed by atoms with Crippen LogP contribution < -0.4 is 0 Å². The number of aromatic nitrogens is 2. The number of halogens is 3. The summed E-state index contributed by atoms with van der Waals surface area (Å²) in [5, 5.41) is 0.0819. The highest BCUT2D eigenvalue weighted by molar-refractivity contribution is 6.30. The molecule has 3 aromatic rings. The molecule has 0 aliphatic rings. The van der Waals surface area contributed by atoms with Gasteiger partial charge in [-0.3, -0.25) is 4.57 Å². The highest BCUT2D eigenvalue weighted by Gasteiger charge is 2.14. The van der Waals surface area contributed by atoms with Crippen molar-refractivity contribution >= 4 is 34.2 Å². The number of benzene rings is 2. The van der Waals surface area contributed by atoms with Crippen LogP contribution in [0.25, 0.3) is 16.7 Å². The third kappa shape index (κ3) is 2.07. The summed E-state index contributed by atoms with van der Waals surface area (Å²) in [6, 6.07) is 10.5. The molecule has 0 fully saturated rings. The molecule has 0 bridgehead atoms. The van der Waals surface area contributed by atoms with Gasteiger partial charge in [-0.25, -0.2) is 9.37 Å². The van der Waals surface area contributed by atoms with Gasteiger partial charge in [-0.15, -0.1) is 11.6 Å². The van der Waals surface area contributed by atoms with E-state index in [0.717, 1.165) is 22.3 Å². The Morgan fingerprint density at radius 3 is 2.75 bits per heavy atom. The van der Waals surface area contributed by atoms with Crippen molar-refractivity contribution in [2.75, 3.05) is 0 Å². The molecular weight excluding hydrogens is 298 g/mol. The predicted molar refractivity (Wildman–Crippen MR) is 80.3 cm³/mol. The molecule has 2 aromatic carbocycles. The number of para-hydroxylation sites is 1. The Kier molecular flexibility index (Phi) is 3.40. The quantitative estimate of drug-likeness (QED) is 0.618. The molecule has 0 N–H and O–H groups in total. The van der Waals surface area contributed by atoms with Gasteiger partial charge in [0, 0.05) is 5.69 Å². The number of alkyl halides is 1. The molecular formula is C15H11Cl2FN2. The van der Waals surface area contributed by atoms with Crippen LogP contribution in [-0.4, -0.2) is 9.55 Å². The van der Waals surface area contributed by atoms with Crippen molar-refractivity contribution in [2.45, 2.75) is 12.8 Å². The summed E-state index contributed by atoms with van der Waals surface area (Å²) in [4.78, 5) is 4.51. The van der Waals surface area contributed by atoms with Gasteiger partial charge in [-0.1, -0.05) is 23.7 Å². The second kappa shape index (κ2) is 5.08. The number of hydrogen-bond acceptors (Lipinski definition) is 1. The summed E-state index contributed by atoms with van der Waals surface area (Å²) in [6.07, 6.45) is 0. The summed E-state index contributed by atoms with van der Waals surface area (Å²) in [5.41, 5.74) is 3.66. The van der Waals surface area contributed by atoms with Gasteiger partial charge in [0.25, 0.3) is 0 Å². The lowest BCUT2D eigenvalue weighted by Crippen LogP contribution is -2.00. The number of rotatable bonds is 2. The van der Waals surface area contributed by atoms with Crippen molar-refractivity contribution in [3.8, 4) is 5.69 Å². The van der Waals surface area contributed by atoms with Gasteiger partial charge < -0.3 is 0 Å². The van der Waals surface area contributed by atoms with Gasteiger partial charge >= 0.3 is 0 Å². The fraction of sp³-hybridized carbons (Fsp3) is 0.133. The third-order valence-electron chi connectivity index (χ3n) is 3.23. The lowest BCUT2D eigenvalue weighted by molar-refractivity contribution is 0.628. The fourth-order valence-electron chi connectivity index (χ4n) is 2.33. The second-order valence-corrected chi connectivity index (χ2v) is 5.21. The van der Waals surface area contributed by atoms with E-state index in [1.807, 2.05) is 29.7 Å². The van der Waals surface area contributed by atoms with E-state index >= 15 is 0 Å². The van der Waals surface area contributed by atoms with Crippen LogP contribution in [0.2, 0.25) is 5.02 Å². The lowest BCUT2D eigenvalue weighted by Gasteiger charge is -2.10. The van der Waals surface area contributed by atoms with E-state index in [1.54, 1.807) is 12.1 Å². The fourth-order valence-corrected chi connectivity index (χ4v) is 2.69. The molecule has 0 saturated carbocycles. The number of nitrogens with zero attached hydrogens (tertiary/aromatic N) is 2. The predicted octanol–water partition coefficient (Wildman–Crippen LogP) is 4.87. The molecule has 0 amide bonds. The van der Waals surface area contributed by atoms with Crippen molar-refractivity contribution in [1.82, 2.24) is 9.55 Å². The Balaban J connectivity index is 2.36. The van der Waals surface area contributed by atoms with E-state index in [9.17, 15) is 4.39 Å². The van der Waals surface area contributed by atoms with Gasteiger partial charge in [0.2, 0.25) is 0 Å². The van der Waals surface area contributed by atoms with Gasteiger partial charge in [-0.2, -0.15) is 0 Å². The number of hydrogen-bond donors (Lipinski definition) is 0. The van der Waals surface area contributed by atoms with E-state index in [0.29, 0.717) is 5.82 Å². The normalized spacial score (nSPS) is 11.2. The number of fused-ring (bicyclic) bond motifs is 1. The third-order valence-corrected chi connectivity index (χ3v) is 3.76. The van der Waals surface area contributed by atoms with Gasteiger partial charge in [0.1, 0.15) is 11.6 Å². The van der Waals surface area contributed by atoms with E-state index in [-0.39, 0.29) is 10.9 Å². The summed E-state index contributed by atoms with van der Waals surface area (Å²) in [5.74, 6) is 0.533. The molecule has 0 saturated heterocycles. The van der Waals surface area contributed by atoms with E-state index in [4.69, 9.17) is 23.2 Å². The van der Waals surface area contributed by atoms with E-state index < -0.39 is 5.82 Å². The van der Waals surface area contributed by atoms with Gasteiger partial charge in [-0.05, 0) is 36.8 Å². The van der Waals surface area contributed by atoms with Crippen LogP contribution in [0.4, 0.5) is 4.39 Å². The molecule has 0 unspecified atom stereocenters. The van der Waals surface area contributed by atoms with E-state index in [1.165, 1.54) is 6.07 Å². The first kappa shape index (κ1) is 13.4. The van der Waals surface area contributed by atoms with Crippen LogP contribution in [0.3, 0.4) is 0 Å². The molecule has 1 heterocycles. The topological polar surface area (TPSA) is 17.8 Å². The van der Waals surface area contributed by atoms with Crippen molar-refractivity contribution in [1.29, 1.82) is 0 Å². The maximum Gasteiger partial charge on any atom is 0.141 e. The highest BCUT2D eigenvalue weighted by Crippen LogP contribution is 2.27. The van der Waals surface area contributed by atoms with Gasteiger partial charge in [0.15, 0.2) is 0 Å². The Hall–Kier alpha value is -1.58. The first-order chi connectivity index (χ1) is 9.61. The average Bonchev–Trinajstić information content (AvgIpc) is 2.82. The summed E-state index contributed by atoms with van der Waals surface area (Å²) in [7, 11) is 0. The largest absolute Gasteiger partial charge is 0.295 e. The number of aryl methyl sites for hydroxylation is 1. The minimum atomic E-state index is -0.441. The SMILES string of the molecule is Cc1cccc2nc(CCl)n(-c3ccc(F)c(Cl)c3)c12. The van der Waals surface area contributed by atoms with Crippen LogP contribution in [0, 0.1) is 12.7 Å². The molecule has 0 radical (unpaired) electrons. The first-order valence-corrected chi connectivity index (χ1v) is 7.01. The second-order valence-electron chi connectivity index (χ2n) is 4.54. The van der Waals surface area contributed by atoms with Crippen molar-refractivity contribution in [2.24, 2.45) is 0 Å². The van der Waals surface area contributed by atoms with Crippen LogP contribution in [0.15, 0.2) is 36.4 Å². The molecule has 102 valence electrons. The van der Waals surface area contributed by atoms with Crippen LogP contribution in [0.1, 0.15) is 11.4 Å². The lowest BCUT2D eigenvalue weighted by atomic mass is 10.2. The Morgan fingerprint density at radius 2 is 2.05 bits per heavy atom. The minimum Gasteiger partial charge on any atom is -0.295 e. The number of imidazole rings is 1. The van der Waals surface area contributed by atoms with Crippen LogP contribution >= 0.6 is 23.2 Å². The molecule has 0 spiro atoms. The van der Waals surface area contributed by atoms with Gasteiger partial charge in [0.05, 0.1) is 21.9 Å². The standard InChI is InChI=1S/C15H11Cl2FN2/c1-9-3-2-4-13-15(9)20(14(8-16)19-13)10-5-6-12(18)11(17)7-10/h2-7H,8H2,1H3. The van der Waals surface area contributed by atoms with Crippen LogP contribution in [0.5, 0.6) is 0 Å². The summed E-state index contributed by atoms with van der Waals surface area (Å²) in [6.45, 7) is 2.00. The van der Waals surface area contributed by atoms with Crippen molar-refractivity contribution in [3.63, 3.8) is 0 Å². The molecule has 3 rings (SSSR count). The zero-order valence-corrected chi connectivity index (χ0v) is 12.2. The summed E-state index contributed by atoms with van der Waals surface area (Å²) >= 11 is 11.9. The average molecular weight is 309 g/mol. The maximum atomic E-state index is 13.3. The van der Waals surface area contributed by atoms with E-state index in [2.05, 4.69) is 4.98 Å². The molecule has 5 heteroatoms. The smallest absolute Gasteiger partial charge is 0.141 e. The maximum absolute atomic E-state index is 13.3. The zero-order valence-electron chi connectivity index (χ0n) is 10.7. The molecule has 0 aliphatic carbocycles. The molecule has 0 aliphatic heterocycles. The molecule has 0 atom stereocenters. The van der Waals surface area contributed by atoms with Crippen molar-refractivity contribution in [3.05, 3.63) is 58.6 Å². The highest BCUT2D eigenvalue weighted by atomic mass is 35.5. The monoisotopic (exact) mass is 308 g/mol. The molecule has 20 heavy (non-hydrogen) atoms. The molecule has 1 aromatic heterocycles. The Labute approximate surface area is 125 Å².